The van der Waals surface area contributed by atoms with E-state index in [9.17, 15) is 13.2 Å². The van der Waals surface area contributed by atoms with Crippen LogP contribution in [-0.4, -0.2) is 42.5 Å². The lowest BCUT2D eigenvalue weighted by atomic mass is 10.1. The van der Waals surface area contributed by atoms with E-state index in [2.05, 4.69) is 14.9 Å². The van der Waals surface area contributed by atoms with Gasteiger partial charge in [0.1, 0.15) is 5.75 Å². The number of benzene rings is 2. The van der Waals surface area contributed by atoms with Crippen LogP contribution in [0.25, 0.3) is 11.5 Å². The van der Waals surface area contributed by atoms with Gasteiger partial charge < -0.3 is 9.15 Å². The molecule has 0 amide bonds. The molecule has 0 fully saturated rings. The van der Waals surface area contributed by atoms with Gasteiger partial charge in [0, 0.05) is 11.3 Å². The van der Waals surface area contributed by atoms with Crippen molar-refractivity contribution in [3.8, 4) is 17.2 Å². The van der Waals surface area contributed by atoms with E-state index < -0.39 is 15.3 Å². The summed E-state index contributed by atoms with van der Waals surface area (Å²) in [5, 5.41) is 7.89. The quantitative estimate of drug-likeness (QED) is 0.389. The lowest BCUT2D eigenvalue weighted by Gasteiger charge is -2.09. The minimum Gasteiger partial charge on any atom is -0.493 e. The number of hydrogen-bond donors (Lipinski definition) is 1. The fraction of sp³-hybridized carbons (Fsp3) is 0.250. The Bertz CT molecular complexity index is 1130. The number of aromatic nitrogens is 2. The molecule has 158 valence electrons. The standard InChI is InChI=1S/C20H21N3O5S2/c1-4-27-17-8-6-5-7-16(17)19-21-22-20(28-19)29-13(2)18(24)14-9-11-15(12-10-14)23-30(3,25)26/h5-13,23H,4H2,1-3H3/t13-/m1/s1. The summed E-state index contributed by atoms with van der Waals surface area (Å²) in [6.45, 7) is 4.15. The van der Waals surface area contributed by atoms with Gasteiger partial charge in [-0.3, -0.25) is 9.52 Å². The first-order chi connectivity index (χ1) is 14.3. The summed E-state index contributed by atoms with van der Waals surface area (Å²) < 4.78 is 36.2. The third-order valence-corrected chi connectivity index (χ3v) is 5.48. The Morgan fingerprint density at radius 2 is 1.87 bits per heavy atom. The highest BCUT2D eigenvalue weighted by atomic mass is 32.2. The van der Waals surface area contributed by atoms with Crippen LogP contribution in [0.3, 0.4) is 0 Å². The lowest BCUT2D eigenvalue weighted by molar-refractivity contribution is 0.0993. The van der Waals surface area contributed by atoms with Gasteiger partial charge in [0.05, 0.1) is 23.7 Å². The van der Waals surface area contributed by atoms with Crippen molar-refractivity contribution < 1.29 is 22.4 Å². The number of nitrogens with zero attached hydrogens (tertiary/aromatic N) is 2. The fourth-order valence-electron chi connectivity index (χ4n) is 2.65. The summed E-state index contributed by atoms with van der Waals surface area (Å²) in [5.74, 6) is 0.824. The van der Waals surface area contributed by atoms with E-state index in [1.807, 2.05) is 31.2 Å². The molecule has 10 heteroatoms. The Hall–Kier alpha value is -2.85. The molecule has 0 aliphatic rings. The summed E-state index contributed by atoms with van der Waals surface area (Å²) in [6, 6.07) is 13.6. The number of hydrogen-bond acceptors (Lipinski definition) is 8. The van der Waals surface area contributed by atoms with Gasteiger partial charge in [-0.2, -0.15) is 0 Å². The van der Waals surface area contributed by atoms with Crippen LogP contribution in [0, 0.1) is 0 Å². The first-order valence-electron chi connectivity index (χ1n) is 9.11. The topological polar surface area (TPSA) is 111 Å². The Morgan fingerprint density at radius 3 is 2.53 bits per heavy atom. The molecule has 0 aliphatic heterocycles. The average Bonchev–Trinajstić information content (AvgIpc) is 3.16. The number of ketones is 1. The molecule has 1 aromatic heterocycles. The Balaban J connectivity index is 1.69. The largest absolute Gasteiger partial charge is 0.493 e. The maximum Gasteiger partial charge on any atom is 0.277 e. The number of thioether (sulfide) groups is 1. The highest BCUT2D eigenvalue weighted by molar-refractivity contribution is 8.00. The fourth-order valence-corrected chi connectivity index (χ4v) is 3.97. The highest BCUT2D eigenvalue weighted by Crippen LogP contribution is 2.32. The zero-order valence-electron chi connectivity index (χ0n) is 16.7. The number of carbonyl (C=O) groups excluding carboxylic acids is 1. The molecule has 1 heterocycles. The molecule has 1 atom stereocenters. The van der Waals surface area contributed by atoms with E-state index in [1.54, 1.807) is 31.2 Å². The predicted molar refractivity (Wildman–Crippen MR) is 115 cm³/mol. The van der Waals surface area contributed by atoms with E-state index in [1.165, 1.54) is 0 Å². The summed E-state index contributed by atoms with van der Waals surface area (Å²) in [7, 11) is -3.37. The maximum atomic E-state index is 12.7. The van der Waals surface area contributed by atoms with Crippen LogP contribution in [0.4, 0.5) is 5.69 Å². The van der Waals surface area contributed by atoms with E-state index in [-0.39, 0.29) is 11.0 Å². The molecule has 8 nitrogen and oxygen atoms in total. The molecular formula is C20H21N3O5S2. The zero-order valence-corrected chi connectivity index (χ0v) is 18.3. The van der Waals surface area contributed by atoms with Crippen molar-refractivity contribution >= 4 is 33.3 Å². The highest BCUT2D eigenvalue weighted by Gasteiger charge is 2.21. The van der Waals surface area contributed by atoms with Crippen molar-refractivity contribution in [2.45, 2.75) is 24.3 Å². The first-order valence-corrected chi connectivity index (χ1v) is 11.9. The molecular weight excluding hydrogens is 426 g/mol. The van der Waals surface area contributed by atoms with E-state index in [4.69, 9.17) is 9.15 Å². The number of ether oxygens (including phenoxy) is 1. The smallest absolute Gasteiger partial charge is 0.277 e. The summed E-state index contributed by atoms with van der Waals surface area (Å²) in [5.41, 5.74) is 1.53. The number of rotatable bonds is 9. The molecule has 30 heavy (non-hydrogen) atoms. The van der Waals surface area contributed by atoms with E-state index in [0.717, 1.165) is 18.0 Å². The van der Waals surface area contributed by atoms with Gasteiger partial charge in [-0.1, -0.05) is 23.9 Å². The normalized spacial score (nSPS) is 12.4. The van der Waals surface area contributed by atoms with Crippen LogP contribution in [0.15, 0.2) is 58.2 Å². The van der Waals surface area contributed by atoms with Crippen LogP contribution in [0.2, 0.25) is 0 Å². The number of nitrogens with one attached hydrogen (secondary N) is 1. The Labute approximate surface area is 179 Å². The molecule has 0 radical (unpaired) electrons. The third-order valence-electron chi connectivity index (χ3n) is 3.94. The van der Waals surface area contributed by atoms with Gasteiger partial charge in [0.25, 0.3) is 11.1 Å². The summed E-state index contributed by atoms with van der Waals surface area (Å²) in [6.07, 6.45) is 1.07. The van der Waals surface area contributed by atoms with Crippen molar-refractivity contribution in [1.82, 2.24) is 10.2 Å². The Morgan fingerprint density at radius 1 is 1.17 bits per heavy atom. The number of para-hydroxylation sites is 1. The molecule has 0 saturated carbocycles. The first kappa shape index (κ1) is 21.8. The molecule has 3 rings (SSSR count). The van der Waals surface area contributed by atoms with Gasteiger partial charge in [0.15, 0.2) is 5.78 Å². The van der Waals surface area contributed by atoms with E-state index >= 15 is 0 Å². The number of sulfonamides is 1. The number of anilines is 1. The number of carbonyl (C=O) groups is 1. The molecule has 0 aliphatic carbocycles. The molecule has 0 bridgehead atoms. The summed E-state index contributed by atoms with van der Waals surface area (Å²) in [4.78, 5) is 12.7. The molecule has 2 aromatic carbocycles. The second-order valence-electron chi connectivity index (χ2n) is 6.38. The van der Waals surface area contributed by atoms with Crippen LogP contribution >= 0.6 is 11.8 Å². The van der Waals surface area contributed by atoms with Gasteiger partial charge >= 0.3 is 0 Å². The maximum absolute atomic E-state index is 12.7. The Kier molecular flexibility index (Phi) is 6.78. The van der Waals surface area contributed by atoms with Gasteiger partial charge in [0.2, 0.25) is 10.0 Å². The predicted octanol–water partition coefficient (Wildman–Crippen LogP) is 3.87. The van der Waals surface area contributed by atoms with Crippen LogP contribution in [0.1, 0.15) is 24.2 Å². The molecule has 0 spiro atoms. The second-order valence-corrected chi connectivity index (χ2v) is 9.42. The van der Waals surface area contributed by atoms with Crippen LogP contribution in [-0.2, 0) is 10.0 Å². The lowest BCUT2D eigenvalue weighted by Crippen LogP contribution is -2.14. The minimum absolute atomic E-state index is 0.139. The molecule has 1 N–H and O–H groups in total. The van der Waals surface area contributed by atoms with Gasteiger partial charge in [-0.25, -0.2) is 8.42 Å². The van der Waals surface area contributed by atoms with Gasteiger partial charge in [-0.05, 0) is 50.2 Å². The van der Waals surface area contributed by atoms with Crippen LogP contribution in [0.5, 0.6) is 5.75 Å². The molecule has 0 saturated heterocycles. The van der Waals surface area contributed by atoms with Crippen molar-refractivity contribution in [3.05, 3.63) is 54.1 Å². The monoisotopic (exact) mass is 447 g/mol. The second kappa shape index (κ2) is 9.31. The molecule has 0 unspecified atom stereocenters. The van der Waals surface area contributed by atoms with Crippen molar-refractivity contribution in [2.75, 3.05) is 17.6 Å². The van der Waals surface area contributed by atoms with Gasteiger partial charge in [-0.15, -0.1) is 10.2 Å². The third kappa shape index (κ3) is 5.61. The average molecular weight is 448 g/mol. The summed E-state index contributed by atoms with van der Waals surface area (Å²) >= 11 is 1.15. The van der Waals surface area contributed by atoms with Crippen LogP contribution < -0.4 is 9.46 Å². The SMILES string of the molecule is CCOc1ccccc1-c1nnc(S[C@H](C)C(=O)c2ccc(NS(C)(=O)=O)cc2)o1. The number of Topliss-reactive ketones (excluding diaryl/α,β-unsaturated/α-hetero) is 1. The van der Waals surface area contributed by atoms with E-state index in [0.29, 0.717) is 35.1 Å². The zero-order chi connectivity index (χ0) is 21.7. The van der Waals surface area contributed by atoms with Crippen molar-refractivity contribution in [1.29, 1.82) is 0 Å². The molecule has 3 aromatic rings. The minimum atomic E-state index is -3.37. The van der Waals surface area contributed by atoms with Crippen molar-refractivity contribution in [3.63, 3.8) is 0 Å². The van der Waals surface area contributed by atoms with Crippen molar-refractivity contribution in [2.24, 2.45) is 0 Å².